The van der Waals surface area contributed by atoms with Crippen molar-refractivity contribution >= 4 is 23.2 Å². The van der Waals surface area contributed by atoms with Crippen LogP contribution >= 0.6 is 0 Å². The Balaban J connectivity index is 1.64. The number of fused-ring (bicyclic) bond motifs is 1. The smallest absolute Gasteiger partial charge is 0.259 e. The summed E-state index contributed by atoms with van der Waals surface area (Å²) in [6.07, 6.45) is 9.28. The number of terminal acetylenes is 1. The van der Waals surface area contributed by atoms with Crippen LogP contribution in [0.3, 0.4) is 0 Å². The van der Waals surface area contributed by atoms with Crippen LogP contribution in [0.15, 0.2) is 42.7 Å². The minimum atomic E-state index is -0.136. The van der Waals surface area contributed by atoms with Gasteiger partial charge in [0, 0.05) is 30.3 Å². The Morgan fingerprint density at radius 1 is 1.35 bits per heavy atom. The molecule has 6 nitrogen and oxygen atoms in total. The lowest BCUT2D eigenvalue weighted by Gasteiger charge is -2.17. The summed E-state index contributed by atoms with van der Waals surface area (Å²) in [5.74, 6) is 2.15. The Kier molecular flexibility index (Phi) is 5.62. The maximum Gasteiger partial charge on any atom is 0.259 e. The fraction of sp³-hybridized carbons (Fsp3) is 0.250. The number of rotatable bonds is 6. The van der Waals surface area contributed by atoms with Crippen LogP contribution in [-0.4, -0.2) is 36.6 Å². The number of pyridine rings is 1. The second-order valence-corrected chi connectivity index (χ2v) is 5.85. The minimum absolute atomic E-state index is 0.0701. The van der Waals surface area contributed by atoms with Gasteiger partial charge in [-0.3, -0.25) is 14.6 Å². The minimum Gasteiger partial charge on any atom is -0.368 e. The molecule has 0 radical (unpaired) electrons. The zero-order chi connectivity index (χ0) is 18.4. The zero-order valence-corrected chi connectivity index (χ0v) is 14.3. The summed E-state index contributed by atoms with van der Waals surface area (Å²) in [6.45, 7) is 1.10. The largest absolute Gasteiger partial charge is 0.368 e. The molecule has 1 N–H and O–H groups in total. The van der Waals surface area contributed by atoms with Crippen LogP contribution in [0.2, 0.25) is 0 Å². The first kappa shape index (κ1) is 17.6. The summed E-state index contributed by atoms with van der Waals surface area (Å²) in [5, 5.41) is 2.84. The molecule has 0 aliphatic carbocycles. The van der Waals surface area contributed by atoms with E-state index in [9.17, 15) is 9.59 Å². The fourth-order valence-corrected chi connectivity index (χ4v) is 2.86. The Hall–Kier alpha value is -3.17. The summed E-state index contributed by atoms with van der Waals surface area (Å²) in [6, 6.07) is 9.07. The Bertz CT molecular complexity index is 843. The van der Waals surface area contributed by atoms with Gasteiger partial charge in [0.2, 0.25) is 5.91 Å². The Labute approximate surface area is 152 Å². The molecule has 132 valence electrons. The van der Waals surface area contributed by atoms with Gasteiger partial charge in [0.15, 0.2) is 0 Å². The monoisotopic (exact) mass is 349 g/mol. The van der Waals surface area contributed by atoms with Gasteiger partial charge in [0.25, 0.3) is 5.91 Å². The van der Waals surface area contributed by atoms with Gasteiger partial charge < -0.3 is 15.0 Å². The van der Waals surface area contributed by atoms with Crippen molar-refractivity contribution in [2.75, 3.05) is 30.0 Å². The number of carbonyl (C=O) groups excluding carboxylic acids is 2. The number of ether oxygens (including phenoxy) is 1. The summed E-state index contributed by atoms with van der Waals surface area (Å²) in [4.78, 5) is 30.3. The van der Waals surface area contributed by atoms with Crippen LogP contribution in [0.25, 0.3) is 0 Å². The first-order chi connectivity index (χ1) is 12.7. The molecule has 0 unspecified atom stereocenters. The highest BCUT2D eigenvalue weighted by molar-refractivity contribution is 6.07. The van der Waals surface area contributed by atoms with E-state index in [-0.39, 0.29) is 31.4 Å². The van der Waals surface area contributed by atoms with Gasteiger partial charge in [-0.1, -0.05) is 5.92 Å². The molecule has 0 fully saturated rings. The van der Waals surface area contributed by atoms with Crippen LogP contribution < -0.4 is 10.2 Å². The molecule has 0 spiro atoms. The van der Waals surface area contributed by atoms with Crippen LogP contribution in [0.5, 0.6) is 0 Å². The highest BCUT2D eigenvalue weighted by Gasteiger charge is 2.25. The molecule has 2 heterocycles. The third kappa shape index (κ3) is 4.08. The van der Waals surface area contributed by atoms with Gasteiger partial charge in [0.1, 0.15) is 6.61 Å². The summed E-state index contributed by atoms with van der Waals surface area (Å²) in [7, 11) is 0. The number of carbonyl (C=O) groups is 2. The van der Waals surface area contributed by atoms with E-state index in [1.54, 1.807) is 35.5 Å². The summed E-state index contributed by atoms with van der Waals surface area (Å²) < 4.78 is 5.10. The van der Waals surface area contributed by atoms with E-state index in [1.807, 2.05) is 12.1 Å². The molecular formula is C20H19N3O3. The second kappa shape index (κ2) is 8.28. The third-order valence-electron chi connectivity index (χ3n) is 4.07. The van der Waals surface area contributed by atoms with Crippen molar-refractivity contribution in [2.45, 2.75) is 12.8 Å². The quantitative estimate of drug-likeness (QED) is 0.641. The molecule has 1 aromatic heterocycles. The predicted octanol–water partition coefficient (Wildman–Crippen LogP) is 2.26. The lowest BCUT2D eigenvalue weighted by molar-refractivity contribution is -0.117. The summed E-state index contributed by atoms with van der Waals surface area (Å²) in [5.41, 5.74) is 3.17. The van der Waals surface area contributed by atoms with E-state index in [1.165, 1.54) is 0 Å². The zero-order valence-electron chi connectivity index (χ0n) is 14.3. The number of benzene rings is 1. The molecule has 1 aromatic carbocycles. The van der Waals surface area contributed by atoms with Crippen molar-refractivity contribution in [1.82, 2.24) is 4.98 Å². The van der Waals surface area contributed by atoms with Crippen LogP contribution in [0.1, 0.15) is 22.3 Å². The number of nitrogens with one attached hydrogen (secondary N) is 1. The molecule has 6 heteroatoms. The maximum absolute atomic E-state index is 12.6. The molecule has 2 aromatic rings. The van der Waals surface area contributed by atoms with E-state index in [0.29, 0.717) is 17.8 Å². The molecular weight excluding hydrogens is 330 g/mol. The highest BCUT2D eigenvalue weighted by atomic mass is 16.5. The molecule has 0 saturated carbocycles. The molecule has 1 aliphatic rings. The molecule has 0 saturated heterocycles. The maximum atomic E-state index is 12.6. The normalized spacial score (nSPS) is 12.3. The van der Waals surface area contributed by atoms with Gasteiger partial charge in [0.05, 0.1) is 18.6 Å². The molecule has 26 heavy (non-hydrogen) atoms. The number of anilines is 2. The topological polar surface area (TPSA) is 71.5 Å². The molecule has 0 bridgehead atoms. The second-order valence-electron chi connectivity index (χ2n) is 5.85. The average Bonchev–Trinajstić information content (AvgIpc) is 3.08. The number of hydrogen-bond donors (Lipinski definition) is 1. The van der Waals surface area contributed by atoms with Gasteiger partial charge in [-0.2, -0.15) is 0 Å². The van der Waals surface area contributed by atoms with Gasteiger partial charge in [-0.05, 0) is 42.3 Å². The van der Waals surface area contributed by atoms with E-state index < -0.39 is 0 Å². The summed E-state index contributed by atoms with van der Waals surface area (Å²) >= 11 is 0. The van der Waals surface area contributed by atoms with Crippen molar-refractivity contribution in [3.8, 4) is 12.3 Å². The lowest BCUT2D eigenvalue weighted by Crippen LogP contribution is -2.28. The highest BCUT2D eigenvalue weighted by Crippen LogP contribution is 2.31. The average molecular weight is 349 g/mol. The van der Waals surface area contributed by atoms with Gasteiger partial charge in [-0.25, -0.2) is 0 Å². The van der Waals surface area contributed by atoms with Crippen molar-refractivity contribution in [3.63, 3.8) is 0 Å². The number of aromatic nitrogens is 1. The molecule has 2 amide bonds. The SMILES string of the molecule is C#CCOCCC(=O)Nc1ccc2c(c1)CCN2C(=O)c1cccnc1. The van der Waals surface area contributed by atoms with E-state index in [0.717, 1.165) is 17.7 Å². The van der Waals surface area contributed by atoms with Crippen molar-refractivity contribution in [1.29, 1.82) is 0 Å². The Morgan fingerprint density at radius 2 is 2.23 bits per heavy atom. The molecule has 3 rings (SSSR count). The third-order valence-corrected chi connectivity index (χ3v) is 4.07. The lowest BCUT2D eigenvalue weighted by atomic mass is 10.1. The Morgan fingerprint density at radius 3 is 3.00 bits per heavy atom. The van der Waals surface area contributed by atoms with Crippen LogP contribution in [0.4, 0.5) is 11.4 Å². The van der Waals surface area contributed by atoms with Crippen molar-refractivity contribution in [2.24, 2.45) is 0 Å². The van der Waals surface area contributed by atoms with Gasteiger partial charge >= 0.3 is 0 Å². The number of amides is 2. The van der Waals surface area contributed by atoms with E-state index in [2.05, 4.69) is 16.2 Å². The molecule has 1 aliphatic heterocycles. The number of hydrogen-bond acceptors (Lipinski definition) is 4. The van der Waals surface area contributed by atoms with E-state index in [4.69, 9.17) is 11.2 Å². The van der Waals surface area contributed by atoms with Gasteiger partial charge in [-0.15, -0.1) is 6.42 Å². The van der Waals surface area contributed by atoms with Crippen LogP contribution in [-0.2, 0) is 16.0 Å². The first-order valence-corrected chi connectivity index (χ1v) is 8.35. The molecule has 0 atom stereocenters. The van der Waals surface area contributed by atoms with Crippen molar-refractivity contribution < 1.29 is 14.3 Å². The standard InChI is InChI=1S/C20H19N3O3/c1-2-11-26-12-8-19(24)22-17-5-6-18-15(13-17)7-10-23(18)20(25)16-4-3-9-21-14-16/h1,3-6,9,13-14H,7-8,10-12H2,(H,22,24). The number of nitrogens with zero attached hydrogens (tertiary/aromatic N) is 2. The fourth-order valence-electron chi connectivity index (χ4n) is 2.86. The predicted molar refractivity (Wildman–Crippen MR) is 99.0 cm³/mol. The van der Waals surface area contributed by atoms with Crippen LogP contribution in [0, 0.1) is 12.3 Å². The van der Waals surface area contributed by atoms with Crippen molar-refractivity contribution in [3.05, 3.63) is 53.9 Å². The van der Waals surface area contributed by atoms with E-state index >= 15 is 0 Å². The first-order valence-electron chi connectivity index (χ1n) is 8.35.